The van der Waals surface area contributed by atoms with Crippen LogP contribution in [0.15, 0.2) is 58.6 Å². The van der Waals surface area contributed by atoms with Gasteiger partial charge in [-0.2, -0.15) is 0 Å². The second kappa shape index (κ2) is 12.8. The number of hydrogen-bond acceptors (Lipinski definition) is 10. The number of nitrogens with zero attached hydrogens (tertiary/aromatic N) is 6. The molecule has 3 fully saturated rings. The fraction of sp³-hybridized carbons (Fsp3) is 0.419. The summed E-state index contributed by atoms with van der Waals surface area (Å²) in [5, 5.41) is 3.72. The summed E-state index contributed by atoms with van der Waals surface area (Å²) in [4.78, 5) is 42.8. The first kappa shape index (κ1) is 30.4. The van der Waals surface area contributed by atoms with Crippen molar-refractivity contribution in [2.24, 2.45) is 5.73 Å². The number of nitrogen functional groups attached to an aromatic ring is 1. The maximum Gasteiger partial charge on any atom is 0.328 e. The Morgan fingerprint density at radius 1 is 0.955 bits per heavy atom. The summed E-state index contributed by atoms with van der Waals surface area (Å²) in [6, 6.07) is 13.6. The molecule has 5 N–H and O–H groups in total. The lowest BCUT2D eigenvalue weighted by Gasteiger charge is -2.37. The fourth-order valence-corrected chi connectivity index (χ4v) is 7.04. The van der Waals surface area contributed by atoms with Crippen LogP contribution in [-0.2, 0) is 11.3 Å². The van der Waals surface area contributed by atoms with Gasteiger partial charge >= 0.3 is 6.03 Å². The zero-order valence-electron chi connectivity index (χ0n) is 24.8. The van der Waals surface area contributed by atoms with Crippen LogP contribution in [0.5, 0.6) is 0 Å². The Kier molecular flexibility index (Phi) is 8.86. The van der Waals surface area contributed by atoms with Gasteiger partial charge in [0.2, 0.25) is 5.91 Å². The number of para-hydroxylation sites is 1. The van der Waals surface area contributed by atoms with E-state index in [0.29, 0.717) is 35.4 Å². The first-order valence-corrected chi connectivity index (χ1v) is 16.2. The Balaban J connectivity index is 1.08. The van der Waals surface area contributed by atoms with Crippen LogP contribution in [0.25, 0.3) is 0 Å². The number of anilines is 4. The van der Waals surface area contributed by atoms with Crippen LogP contribution >= 0.6 is 23.4 Å². The van der Waals surface area contributed by atoms with Crippen molar-refractivity contribution < 1.29 is 9.59 Å². The van der Waals surface area contributed by atoms with E-state index < -0.39 is 0 Å². The van der Waals surface area contributed by atoms with Gasteiger partial charge in [-0.1, -0.05) is 47.6 Å². The summed E-state index contributed by atoms with van der Waals surface area (Å²) < 4.78 is 0. The number of hydrogen-bond donors (Lipinski definition) is 3. The molecule has 11 nitrogen and oxygen atoms in total. The number of nitrogens with two attached hydrogens (primary N) is 2. The third-order valence-corrected chi connectivity index (χ3v) is 10.2. The van der Waals surface area contributed by atoms with Crippen LogP contribution in [-0.4, -0.2) is 78.2 Å². The molecule has 3 aromatic rings. The van der Waals surface area contributed by atoms with E-state index in [9.17, 15) is 9.59 Å². The van der Waals surface area contributed by atoms with E-state index in [-0.39, 0.29) is 17.5 Å². The molecular formula is C31H38ClN9O2S. The van der Waals surface area contributed by atoms with E-state index in [0.717, 1.165) is 79.8 Å². The Labute approximate surface area is 266 Å². The molecule has 0 bridgehead atoms. The van der Waals surface area contributed by atoms with Crippen molar-refractivity contribution in [3.05, 3.63) is 59.2 Å². The summed E-state index contributed by atoms with van der Waals surface area (Å²) in [5.41, 5.74) is 15.4. The van der Waals surface area contributed by atoms with Gasteiger partial charge in [-0.05, 0) is 43.5 Å². The Morgan fingerprint density at radius 2 is 1.68 bits per heavy atom. The van der Waals surface area contributed by atoms with Gasteiger partial charge in [0.25, 0.3) is 0 Å². The molecule has 1 aromatic heterocycles. The third kappa shape index (κ3) is 6.73. The van der Waals surface area contributed by atoms with Gasteiger partial charge in [0.15, 0.2) is 5.82 Å². The number of nitrogens with one attached hydrogen (secondary N) is 1. The number of imide groups is 1. The van der Waals surface area contributed by atoms with Crippen molar-refractivity contribution in [2.45, 2.75) is 48.2 Å². The normalized spacial score (nSPS) is 19.3. The minimum absolute atomic E-state index is 0.138. The zero-order chi connectivity index (χ0) is 30.8. The van der Waals surface area contributed by atoms with Crippen LogP contribution in [0.1, 0.15) is 31.7 Å². The number of aromatic nitrogens is 2. The number of halogens is 1. The van der Waals surface area contributed by atoms with Gasteiger partial charge in [0, 0.05) is 74.9 Å². The van der Waals surface area contributed by atoms with Gasteiger partial charge in [-0.15, -0.1) is 0 Å². The monoisotopic (exact) mass is 635 g/mol. The van der Waals surface area contributed by atoms with E-state index in [1.54, 1.807) is 11.1 Å². The molecule has 2 aromatic carbocycles. The van der Waals surface area contributed by atoms with Crippen LogP contribution in [0.2, 0.25) is 5.02 Å². The molecule has 13 heteroatoms. The molecule has 232 valence electrons. The number of carbonyl (C=O) groups is 2. The molecule has 0 radical (unpaired) electrons. The van der Waals surface area contributed by atoms with E-state index in [1.165, 1.54) is 11.8 Å². The number of benzene rings is 2. The summed E-state index contributed by atoms with van der Waals surface area (Å²) in [5.74, 6) is 0.929. The summed E-state index contributed by atoms with van der Waals surface area (Å²) in [6.07, 6.45) is 3.88. The average Bonchev–Trinajstić information content (AvgIpc) is 3.00. The Morgan fingerprint density at radius 3 is 2.41 bits per heavy atom. The first-order valence-electron chi connectivity index (χ1n) is 15.0. The number of carbonyl (C=O) groups excluding carboxylic acids is 2. The quantitative estimate of drug-likeness (QED) is 0.350. The average molecular weight is 636 g/mol. The number of piperidine rings is 1. The maximum absolute atomic E-state index is 12.5. The first-order chi connectivity index (χ1) is 21.2. The fourth-order valence-electron chi connectivity index (χ4n) is 5.88. The minimum Gasteiger partial charge on any atom is -0.381 e. The molecule has 3 amide bonds. The Hall–Kier alpha value is -3.58. The van der Waals surface area contributed by atoms with Crippen molar-refractivity contribution in [3.63, 3.8) is 0 Å². The number of urea groups is 1. The van der Waals surface area contributed by atoms with Crippen molar-refractivity contribution in [2.75, 3.05) is 66.2 Å². The molecule has 0 aliphatic carbocycles. The van der Waals surface area contributed by atoms with Crippen LogP contribution in [0.4, 0.5) is 27.8 Å². The van der Waals surface area contributed by atoms with E-state index in [1.807, 2.05) is 42.5 Å². The molecule has 4 heterocycles. The van der Waals surface area contributed by atoms with Crippen molar-refractivity contribution >= 4 is 58.3 Å². The number of amides is 3. The van der Waals surface area contributed by atoms with Crippen LogP contribution in [0, 0.1) is 0 Å². The molecule has 3 aliphatic heterocycles. The topological polar surface area (TPSA) is 137 Å². The highest BCUT2D eigenvalue weighted by molar-refractivity contribution is 7.99. The highest BCUT2D eigenvalue weighted by atomic mass is 35.5. The smallest absolute Gasteiger partial charge is 0.328 e. The van der Waals surface area contributed by atoms with Gasteiger partial charge in [0.1, 0.15) is 10.8 Å². The lowest BCUT2D eigenvalue weighted by molar-refractivity contribution is -0.120. The number of rotatable bonds is 7. The lowest BCUT2D eigenvalue weighted by Crippen LogP contribution is -2.50. The second-order valence-electron chi connectivity index (χ2n) is 11.9. The predicted molar refractivity (Wildman–Crippen MR) is 175 cm³/mol. The zero-order valence-corrected chi connectivity index (χ0v) is 26.4. The van der Waals surface area contributed by atoms with Gasteiger partial charge < -0.3 is 21.3 Å². The molecular weight excluding hydrogens is 598 g/mol. The molecule has 44 heavy (non-hydrogen) atoms. The van der Waals surface area contributed by atoms with Crippen molar-refractivity contribution in [3.8, 4) is 0 Å². The number of piperazine rings is 1. The molecule has 0 atom stereocenters. The highest BCUT2D eigenvalue weighted by Gasteiger charge is 2.28. The second-order valence-corrected chi connectivity index (χ2v) is 13.3. The van der Waals surface area contributed by atoms with E-state index in [4.69, 9.17) is 23.1 Å². The van der Waals surface area contributed by atoms with Gasteiger partial charge in [0.05, 0.1) is 16.9 Å². The van der Waals surface area contributed by atoms with Gasteiger partial charge in [-0.3, -0.25) is 19.9 Å². The Bertz CT molecular complexity index is 1540. The van der Waals surface area contributed by atoms with Crippen molar-refractivity contribution in [1.82, 2.24) is 20.2 Å². The van der Waals surface area contributed by atoms with Crippen LogP contribution < -0.4 is 31.5 Å². The van der Waals surface area contributed by atoms with Gasteiger partial charge in [-0.25, -0.2) is 14.8 Å². The largest absolute Gasteiger partial charge is 0.381 e. The standard InChI is InChI=1S/C31H38ClN9O2S/c1-31(34)10-13-40(14-11-31)25-19-35-29(28(33)36-25)44-24-8-4-7-23(27(24)32)39-17-15-38(16-18-39)20-21-5-2-3-6-22(21)41-12-9-26(42)37-30(41)43/h2-8,19H,9-18,20,34H2,1H3,(H2,33,36)(H,37,42,43). The SMILES string of the molecule is CC1(N)CCN(c2cnc(Sc3cccc(N4CCN(Cc5ccccc5N5CCC(=O)NC5=O)CC4)c3Cl)c(N)n2)CC1. The minimum atomic E-state index is -0.365. The molecule has 3 aliphatic rings. The van der Waals surface area contributed by atoms with E-state index in [2.05, 4.69) is 36.9 Å². The maximum atomic E-state index is 12.5. The lowest BCUT2D eigenvalue weighted by atomic mass is 9.91. The molecule has 0 spiro atoms. The summed E-state index contributed by atoms with van der Waals surface area (Å²) in [6.45, 7) is 8.15. The highest BCUT2D eigenvalue weighted by Crippen LogP contribution is 2.40. The molecule has 3 saturated heterocycles. The summed E-state index contributed by atoms with van der Waals surface area (Å²) in [7, 11) is 0. The molecule has 0 saturated carbocycles. The summed E-state index contributed by atoms with van der Waals surface area (Å²) >= 11 is 8.40. The third-order valence-electron chi connectivity index (χ3n) is 8.57. The van der Waals surface area contributed by atoms with Crippen molar-refractivity contribution in [1.29, 1.82) is 0 Å². The predicted octanol–water partition coefficient (Wildman–Crippen LogP) is 3.95. The van der Waals surface area contributed by atoms with Crippen LogP contribution in [0.3, 0.4) is 0 Å². The molecule has 6 rings (SSSR count). The van der Waals surface area contributed by atoms with E-state index >= 15 is 0 Å². The molecule has 0 unspecified atom stereocenters.